The Morgan fingerprint density at radius 2 is 1.54 bits per heavy atom. The molecule has 5 heteroatoms. The molecule has 0 bridgehead atoms. The molecule has 5 nitrogen and oxygen atoms in total. The van der Waals surface area contributed by atoms with Crippen molar-refractivity contribution < 1.29 is 19.1 Å². The molecule has 0 fully saturated rings. The highest BCUT2D eigenvalue weighted by Gasteiger charge is 2.27. The number of hydrogen-bond acceptors (Lipinski definition) is 5. The lowest BCUT2D eigenvalue weighted by Gasteiger charge is -2.24. The molecular weight excluding hydrogens is 330 g/mol. The summed E-state index contributed by atoms with van der Waals surface area (Å²) >= 11 is 0. The third kappa shape index (κ3) is 8.66. The zero-order chi connectivity index (χ0) is 20.0. The number of benzene rings is 1. The van der Waals surface area contributed by atoms with E-state index in [-0.39, 0.29) is 18.4 Å². The molecule has 26 heavy (non-hydrogen) atoms. The van der Waals surface area contributed by atoms with Crippen LogP contribution in [0.5, 0.6) is 0 Å². The van der Waals surface area contributed by atoms with Gasteiger partial charge in [-0.05, 0) is 72.1 Å². The lowest BCUT2D eigenvalue weighted by molar-refractivity contribution is -0.161. The van der Waals surface area contributed by atoms with Crippen molar-refractivity contribution in [2.24, 2.45) is 5.92 Å². The van der Waals surface area contributed by atoms with Crippen molar-refractivity contribution in [3.8, 4) is 6.07 Å². The van der Waals surface area contributed by atoms with Crippen LogP contribution in [-0.4, -0.2) is 23.1 Å². The van der Waals surface area contributed by atoms with E-state index in [2.05, 4.69) is 6.07 Å². The van der Waals surface area contributed by atoms with E-state index in [4.69, 9.17) is 14.7 Å². The van der Waals surface area contributed by atoms with Crippen LogP contribution < -0.4 is 0 Å². The third-order valence-corrected chi connectivity index (χ3v) is 3.42. The Balaban J connectivity index is 2.82. The second-order valence-electron chi connectivity index (χ2n) is 8.37. The quantitative estimate of drug-likeness (QED) is 0.712. The molecule has 0 aliphatic carbocycles. The van der Waals surface area contributed by atoms with E-state index in [1.54, 1.807) is 12.1 Å². The first-order chi connectivity index (χ1) is 11.9. The molecule has 0 amide bonds. The van der Waals surface area contributed by atoms with Crippen LogP contribution in [0.3, 0.4) is 0 Å². The van der Waals surface area contributed by atoms with Gasteiger partial charge in [0.05, 0.1) is 17.6 Å². The van der Waals surface area contributed by atoms with Gasteiger partial charge in [-0.1, -0.05) is 12.1 Å². The summed E-state index contributed by atoms with van der Waals surface area (Å²) in [4.78, 5) is 24.6. The molecule has 1 aromatic rings. The predicted octanol–water partition coefficient (Wildman–Crippen LogP) is 4.18. The third-order valence-electron chi connectivity index (χ3n) is 3.42. The second kappa shape index (κ2) is 8.84. The highest BCUT2D eigenvalue weighted by Crippen LogP contribution is 2.21. The van der Waals surface area contributed by atoms with Crippen LogP contribution in [0.1, 0.15) is 65.5 Å². The SMILES string of the molecule is CC(C)(C)OC(=O)CC[C@@H](Cc1ccc(C#N)cc1)C(=O)OC(C)(C)C. The van der Waals surface area contributed by atoms with Crippen LogP contribution in [0, 0.1) is 17.2 Å². The standard InChI is InChI=1S/C21H29NO4/c1-20(2,3)25-18(23)12-11-17(19(24)26-21(4,5)6)13-15-7-9-16(14-22)10-8-15/h7-10,17H,11-13H2,1-6H3/t17-/m0/s1. The number of ether oxygens (including phenoxy) is 2. The van der Waals surface area contributed by atoms with Gasteiger partial charge in [0, 0.05) is 6.42 Å². The van der Waals surface area contributed by atoms with Crippen LogP contribution in [0.2, 0.25) is 0 Å². The number of rotatable bonds is 6. The number of carbonyl (C=O) groups is 2. The van der Waals surface area contributed by atoms with E-state index in [1.165, 1.54) is 0 Å². The highest BCUT2D eigenvalue weighted by molar-refractivity contribution is 5.75. The zero-order valence-electron chi connectivity index (χ0n) is 16.6. The Morgan fingerprint density at radius 3 is 2.00 bits per heavy atom. The molecule has 0 aromatic heterocycles. The van der Waals surface area contributed by atoms with Gasteiger partial charge in [-0.2, -0.15) is 5.26 Å². The van der Waals surface area contributed by atoms with Gasteiger partial charge in [0.25, 0.3) is 0 Å². The molecule has 1 atom stereocenters. The molecular formula is C21H29NO4. The summed E-state index contributed by atoms with van der Waals surface area (Å²) in [6, 6.07) is 9.15. The van der Waals surface area contributed by atoms with E-state index in [0.717, 1.165) is 5.56 Å². The molecule has 0 saturated carbocycles. The summed E-state index contributed by atoms with van der Waals surface area (Å²) in [7, 11) is 0. The van der Waals surface area contributed by atoms with Crippen LogP contribution in [-0.2, 0) is 25.5 Å². The molecule has 1 rings (SSSR count). The summed E-state index contributed by atoms with van der Waals surface area (Å²) in [6.45, 7) is 10.9. The molecule has 0 heterocycles. The lowest BCUT2D eigenvalue weighted by Crippen LogP contribution is -2.31. The van der Waals surface area contributed by atoms with Gasteiger partial charge in [0.1, 0.15) is 11.2 Å². The normalized spacial score (nSPS) is 12.8. The van der Waals surface area contributed by atoms with Gasteiger partial charge < -0.3 is 9.47 Å². The van der Waals surface area contributed by atoms with Gasteiger partial charge in [-0.3, -0.25) is 9.59 Å². The van der Waals surface area contributed by atoms with Crippen LogP contribution in [0.4, 0.5) is 0 Å². The molecule has 1 aromatic carbocycles. The average Bonchev–Trinajstić information content (AvgIpc) is 2.48. The maximum absolute atomic E-state index is 12.6. The molecule has 0 aliphatic rings. The van der Waals surface area contributed by atoms with Crippen LogP contribution in [0.25, 0.3) is 0 Å². The van der Waals surface area contributed by atoms with Crippen molar-refractivity contribution in [1.29, 1.82) is 5.26 Å². The number of nitrogens with zero attached hydrogens (tertiary/aromatic N) is 1. The predicted molar refractivity (Wildman–Crippen MR) is 99.3 cm³/mol. The van der Waals surface area contributed by atoms with Gasteiger partial charge in [0.2, 0.25) is 0 Å². The van der Waals surface area contributed by atoms with Gasteiger partial charge >= 0.3 is 11.9 Å². The first kappa shape index (κ1) is 21.7. The number of esters is 2. The summed E-state index contributed by atoms with van der Waals surface area (Å²) in [6.07, 6.45) is 0.949. The van der Waals surface area contributed by atoms with Crippen molar-refractivity contribution in [3.63, 3.8) is 0 Å². The fourth-order valence-electron chi connectivity index (χ4n) is 2.37. The Hall–Kier alpha value is -2.35. The minimum Gasteiger partial charge on any atom is -0.460 e. The Morgan fingerprint density at radius 1 is 1.00 bits per heavy atom. The fraction of sp³-hybridized carbons (Fsp3) is 0.571. The summed E-state index contributed by atoms with van der Waals surface area (Å²) < 4.78 is 10.8. The monoisotopic (exact) mass is 359 g/mol. The first-order valence-electron chi connectivity index (χ1n) is 8.83. The van der Waals surface area contributed by atoms with Gasteiger partial charge in [0.15, 0.2) is 0 Å². The second-order valence-corrected chi connectivity index (χ2v) is 8.37. The summed E-state index contributed by atoms with van der Waals surface area (Å²) in [5.74, 6) is -1.11. The van der Waals surface area contributed by atoms with Crippen LogP contribution >= 0.6 is 0 Å². The average molecular weight is 359 g/mol. The summed E-state index contributed by atoms with van der Waals surface area (Å²) in [5, 5.41) is 8.89. The van der Waals surface area contributed by atoms with Gasteiger partial charge in [-0.15, -0.1) is 0 Å². The molecule has 0 aliphatic heterocycles. The maximum atomic E-state index is 12.6. The Labute approximate surface area is 156 Å². The molecule has 0 spiro atoms. The van der Waals surface area contributed by atoms with Crippen molar-refractivity contribution >= 4 is 11.9 Å². The summed E-state index contributed by atoms with van der Waals surface area (Å²) in [5.41, 5.74) is 0.345. The minimum atomic E-state index is -0.591. The topological polar surface area (TPSA) is 76.4 Å². The van der Waals surface area contributed by atoms with E-state index >= 15 is 0 Å². The fourth-order valence-corrected chi connectivity index (χ4v) is 2.37. The smallest absolute Gasteiger partial charge is 0.309 e. The van der Waals surface area contributed by atoms with E-state index in [1.807, 2.05) is 53.7 Å². The minimum absolute atomic E-state index is 0.150. The van der Waals surface area contributed by atoms with Crippen molar-refractivity contribution in [2.45, 2.75) is 72.0 Å². The van der Waals surface area contributed by atoms with Crippen LogP contribution in [0.15, 0.2) is 24.3 Å². The lowest BCUT2D eigenvalue weighted by atomic mass is 9.94. The zero-order valence-corrected chi connectivity index (χ0v) is 16.6. The largest absolute Gasteiger partial charge is 0.460 e. The first-order valence-corrected chi connectivity index (χ1v) is 8.83. The van der Waals surface area contributed by atoms with E-state index in [9.17, 15) is 9.59 Å². The molecule has 0 saturated heterocycles. The van der Waals surface area contributed by atoms with Crippen molar-refractivity contribution in [2.75, 3.05) is 0 Å². The maximum Gasteiger partial charge on any atom is 0.309 e. The van der Waals surface area contributed by atoms with Crippen molar-refractivity contribution in [3.05, 3.63) is 35.4 Å². The number of hydrogen-bond donors (Lipinski definition) is 0. The number of nitriles is 1. The Kier molecular flexibility index (Phi) is 7.38. The van der Waals surface area contributed by atoms with E-state index < -0.39 is 17.1 Å². The molecule has 0 unspecified atom stereocenters. The highest BCUT2D eigenvalue weighted by atomic mass is 16.6. The molecule has 0 N–H and O–H groups in total. The van der Waals surface area contributed by atoms with Crippen molar-refractivity contribution in [1.82, 2.24) is 0 Å². The van der Waals surface area contributed by atoms with Gasteiger partial charge in [-0.25, -0.2) is 0 Å². The van der Waals surface area contributed by atoms with E-state index in [0.29, 0.717) is 18.4 Å². The molecule has 142 valence electrons. The molecule has 0 radical (unpaired) electrons. The number of carbonyl (C=O) groups excluding carboxylic acids is 2. The Bertz CT molecular complexity index is 657.